The number of para-hydroxylation sites is 1. The van der Waals surface area contributed by atoms with Crippen molar-refractivity contribution in [3.63, 3.8) is 0 Å². The highest BCUT2D eigenvalue weighted by Crippen LogP contribution is 2.31. The molecule has 0 saturated carbocycles. The molecule has 4 nitrogen and oxygen atoms in total. The summed E-state index contributed by atoms with van der Waals surface area (Å²) >= 11 is 0. The van der Waals surface area contributed by atoms with Crippen molar-refractivity contribution in [1.82, 2.24) is 0 Å². The van der Waals surface area contributed by atoms with E-state index in [1.165, 1.54) is 6.92 Å². The summed E-state index contributed by atoms with van der Waals surface area (Å²) in [6, 6.07) is 9.71. The van der Waals surface area contributed by atoms with E-state index < -0.39 is 5.92 Å². The largest absolute Gasteiger partial charge is 0.465 e. The van der Waals surface area contributed by atoms with E-state index in [1.54, 1.807) is 13.0 Å². The van der Waals surface area contributed by atoms with Crippen molar-refractivity contribution in [2.75, 3.05) is 11.5 Å². The second-order valence-electron chi connectivity index (χ2n) is 4.83. The number of allylic oxidation sites excluding steroid dienone is 1. The van der Waals surface area contributed by atoms with Crippen molar-refractivity contribution in [3.8, 4) is 0 Å². The number of carbonyl (C=O) groups excluding carboxylic acids is 2. The first-order chi connectivity index (χ1) is 10.1. The van der Waals surface area contributed by atoms with E-state index in [9.17, 15) is 9.59 Å². The van der Waals surface area contributed by atoms with Gasteiger partial charge in [0.1, 0.15) is 5.92 Å². The first-order valence-corrected chi connectivity index (χ1v) is 6.97. The molecule has 0 aromatic heterocycles. The van der Waals surface area contributed by atoms with Crippen LogP contribution < -0.4 is 4.90 Å². The molecule has 0 fully saturated rings. The first kappa shape index (κ1) is 15.0. The molecule has 1 aliphatic rings. The highest BCUT2D eigenvalue weighted by atomic mass is 16.5. The molecule has 0 unspecified atom stereocenters. The number of rotatable bonds is 4. The van der Waals surface area contributed by atoms with Crippen LogP contribution in [0.5, 0.6) is 0 Å². The zero-order valence-electron chi connectivity index (χ0n) is 12.5. The van der Waals surface area contributed by atoms with Crippen molar-refractivity contribution < 1.29 is 14.3 Å². The fraction of sp³-hybridized carbons (Fsp3) is 0.294. The molecule has 0 saturated heterocycles. The lowest BCUT2D eigenvalue weighted by Gasteiger charge is -2.30. The first-order valence-electron chi connectivity index (χ1n) is 6.97. The van der Waals surface area contributed by atoms with Gasteiger partial charge in [-0.2, -0.15) is 0 Å². The van der Waals surface area contributed by atoms with Gasteiger partial charge in [0.15, 0.2) is 5.78 Å². The summed E-state index contributed by atoms with van der Waals surface area (Å²) in [5.41, 5.74) is 2.20. The highest BCUT2D eigenvalue weighted by Gasteiger charge is 2.31. The predicted octanol–water partition coefficient (Wildman–Crippen LogP) is 3.06. The van der Waals surface area contributed by atoms with Crippen molar-refractivity contribution in [1.29, 1.82) is 0 Å². The maximum absolute atomic E-state index is 12.0. The van der Waals surface area contributed by atoms with Gasteiger partial charge >= 0.3 is 5.97 Å². The smallest absolute Gasteiger partial charge is 0.317 e. The van der Waals surface area contributed by atoms with Gasteiger partial charge in [-0.05, 0) is 39.0 Å². The Kier molecular flexibility index (Phi) is 4.58. The van der Waals surface area contributed by atoms with Crippen molar-refractivity contribution in [2.45, 2.75) is 20.8 Å². The molecule has 1 aromatic carbocycles. The Hall–Kier alpha value is -2.36. The van der Waals surface area contributed by atoms with Gasteiger partial charge in [0.2, 0.25) is 0 Å². The fourth-order valence-electron chi connectivity index (χ4n) is 2.51. The number of nitrogens with zero attached hydrogens (tertiary/aromatic N) is 1. The molecule has 0 bridgehead atoms. The molecule has 0 amide bonds. The summed E-state index contributed by atoms with van der Waals surface area (Å²) < 4.78 is 5.06. The maximum Gasteiger partial charge on any atom is 0.317 e. The summed E-state index contributed by atoms with van der Waals surface area (Å²) in [6.45, 7) is 5.38. The van der Waals surface area contributed by atoms with Crippen LogP contribution in [0.25, 0.3) is 0 Å². The number of esters is 1. The second-order valence-corrected chi connectivity index (χ2v) is 4.83. The van der Waals surface area contributed by atoms with Crippen LogP contribution in [0.3, 0.4) is 0 Å². The van der Waals surface area contributed by atoms with Gasteiger partial charge in [-0.3, -0.25) is 9.59 Å². The molecule has 1 atom stereocenters. The molecule has 2 rings (SSSR count). The van der Waals surface area contributed by atoms with Gasteiger partial charge in [0, 0.05) is 23.2 Å². The van der Waals surface area contributed by atoms with Gasteiger partial charge in [0.25, 0.3) is 0 Å². The molecule has 110 valence electrons. The van der Waals surface area contributed by atoms with Crippen LogP contribution >= 0.6 is 0 Å². The zero-order chi connectivity index (χ0) is 15.4. The number of benzene rings is 1. The lowest BCUT2D eigenvalue weighted by Crippen LogP contribution is -2.30. The molecule has 0 aliphatic carbocycles. The summed E-state index contributed by atoms with van der Waals surface area (Å²) in [7, 11) is 0. The number of carbonyl (C=O) groups is 2. The Balaban J connectivity index is 2.41. The minimum Gasteiger partial charge on any atom is -0.465 e. The molecule has 0 spiro atoms. The summed E-state index contributed by atoms with van der Waals surface area (Å²) in [5, 5.41) is 0. The number of ether oxygens (including phenoxy) is 1. The number of anilines is 1. The van der Waals surface area contributed by atoms with Gasteiger partial charge in [0.05, 0.1) is 6.61 Å². The Bertz CT molecular complexity index is 602. The highest BCUT2D eigenvalue weighted by molar-refractivity contribution is 6.01. The Morgan fingerprint density at radius 2 is 1.90 bits per heavy atom. The molecule has 1 heterocycles. The van der Waals surface area contributed by atoms with E-state index in [-0.39, 0.29) is 11.8 Å². The van der Waals surface area contributed by atoms with E-state index in [2.05, 4.69) is 0 Å². The minimum absolute atomic E-state index is 0.115. The van der Waals surface area contributed by atoms with Crippen molar-refractivity contribution >= 4 is 17.4 Å². The van der Waals surface area contributed by atoms with Gasteiger partial charge in [-0.1, -0.05) is 18.2 Å². The number of Topliss-reactive ketones (excluding diaryl/α,β-unsaturated/α-hetero) is 1. The number of ketones is 1. The van der Waals surface area contributed by atoms with Gasteiger partial charge in [-0.25, -0.2) is 0 Å². The van der Waals surface area contributed by atoms with Gasteiger partial charge in [-0.15, -0.1) is 0 Å². The monoisotopic (exact) mass is 285 g/mol. The molecule has 0 N–H and O–H groups in total. The van der Waals surface area contributed by atoms with E-state index in [1.807, 2.05) is 48.4 Å². The number of hydrogen-bond acceptors (Lipinski definition) is 4. The molecular formula is C17H19NO3. The average molecular weight is 285 g/mol. The Morgan fingerprint density at radius 1 is 1.24 bits per heavy atom. The van der Waals surface area contributed by atoms with Crippen LogP contribution in [0.1, 0.15) is 20.8 Å². The SMILES string of the molecule is CCOC(=O)[C@@H]1C=CN(c2ccccc2)C(C)=C1C(C)=O. The summed E-state index contributed by atoms with van der Waals surface area (Å²) in [6.07, 6.45) is 3.54. The summed E-state index contributed by atoms with van der Waals surface area (Å²) in [5.74, 6) is -1.12. The third-order valence-electron chi connectivity index (χ3n) is 3.44. The third kappa shape index (κ3) is 3.05. The van der Waals surface area contributed by atoms with Crippen LogP contribution in [0.2, 0.25) is 0 Å². The normalized spacial score (nSPS) is 17.9. The molecular weight excluding hydrogens is 266 g/mol. The standard InChI is InChI=1S/C17H19NO3/c1-4-21-17(20)15-10-11-18(12(2)16(15)13(3)19)14-8-6-5-7-9-14/h5-11,15H,4H2,1-3H3/t15-/m1/s1. The molecule has 1 aliphatic heterocycles. The van der Waals surface area contributed by atoms with Crippen LogP contribution in [-0.4, -0.2) is 18.4 Å². The van der Waals surface area contributed by atoms with E-state index in [4.69, 9.17) is 4.74 Å². The molecule has 1 aromatic rings. The molecule has 4 heteroatoms. The zero-order valence-corrected chi connectivity index (χ0v) is 12.5. The Morgan fingerprint density at radius 3 is 2.48 bits per heavy atom. The van der Waals surface area contributed by atoms with E-state index in [0.717, 1.165) is 11.4 Å². The predicted molar refractivity (Wildman–Crippen MR) is 81.6 cm³/mol. The topological polar surface area (TPSA) is 46.6 Å². The lowest BCUT2D eigenvalue weighted by molar-refractivity contribution is -0.145. The van der Waals surface area contributed by atoms with Crippen molar-refractivity contribution in [2.24, 2.45) is 5.92 Å². The molecule has 0 radical (unpaired) electrons. The van der Waals surface area contributed by atoms with Gasteiger partial charge < -0.3 is 9.64 Å². The molecule has 21 heavy (non-hydrogen) atoms. The minimum atomic E-state index is -0.623. The van der Waals surface area contributed by atoms with E-state index in [0.29, 0.717) is 12.2 Å². The van der Waals surface area contributed by atoms with E-state index >= 15 is 0 Å². The van der Waals surface area contributed by atoms with Crippen LogP contribution in [0, 0.1) is 5.92 Å². The second kappa shape index (κ2) is 6.39. The van der Waals surface area contributed by atoms with Crippen molar-refractivity contribution in [3.05, 3.63) is 53.9 Å². The van der Waals surface area contributed by atoms with Crippen LogP contribution in [0.4, 0.5) is 5.69 Å². The number of hydrogen-bond donors (Lipinski definition) is 0. The lowest BCUT2D eigenvalue weighted by atomic mass is 9.91. The maximum atomic E-state index is 12.0. The van der Waals surface area contributed by atoms with Crippen LogP contribution in [0.15, 0.2) is 53.9 Å². The summed E-state index contributed by atoms with van der Waals surface area (Å²) in [4.78, 5) is 25.9. The average Bonchev–Trinajstić information content (AvgIpc) is 2.47. The fourth-order valence-corrected chi connectivity index (χ4v) is 2.51. The third-order valence-corrected chi connectivity index (χ3v) is 3.44. The van der Waals surface area contributed by atoms with Crippen LogP contribution in [-0.2, 0) is 14.3 Å². The quantitative estimate of drug-likeness (QED) is 0.798. The Labute approximate surface area is 124 Å².